The molecule has 32 heavy (non-hydrogen) atoms. The summed E-state index contributed by atoms with van der Waals surface area (Å²) in [5.41, 5.74) is 1.45. The number of nitrogens with zero attached hydrogens (tertiary/aromatic N) is 1. The van der Waals surface area contributed by atoms with E-state index in [0.717, 1.165) is 34.9 Å². The maximum absolute atomic E-state index is 13.4. The highest BCUT2D eigenvalue weighted by molar-refractivity contribution is 6.08. The lowest BCUT2D eigenvalue weighted by atomic mass is 9.95. The highest BCUT2D eigenvalue weighted by Crippen LogP contribution is 2.30. The zero-order chi connectivity index (χ0) is 22.7. The number of rotatable bonds is 5. The summed E-state index contributed by atoms with van der Waals surface area (Å²) in [7, 11) is 1.62. The number of hydrogen-bond acceptors (Lipinski definition) is 3. The average Bonchev–Trinajstić information content (AvgIpc) is 2.83. The number of benzene rings is 3. The van der Waals surface area contributed by atoms with Crippen LogP contribution in [0.3, 0.4) is 0 Å². The van der Waals surface area contributed by atoms with Crippen LogP contribution in [-0.2, 0) is 4.79 Å². The molecule has 1 aliphatic rings. The molecule has 0 radical (unpaired) electrons. The monoisotopic (exact) mass is 434 g/mol. The van der Waals surface area contributed by atoms with Crippen molar-refractivity contribution >= 4 is 22.6 Å². The van der Waals surface area contributed by atoms with Gasteiger partial charge in [0, 0.05) is 24.0 Å². The summed E-state index contributed by atoms with van der Waals surface area (Å²) >= 11 is 0. The Kier molecular flexibility index (Phi) is 6.40. The van der Waals surface area contributed by atoms with Gasteiger partial charge in [-0.05, 0) is 55.0 Å². The van der Waals surface area contributed by atoms with Crippen molar-refractivity contribution in [3.63, 3.8) is 0 Å². The zero-order valence-corrected chi connectivity index (χ0v) is 18.3. The molecule has 3 aromatic rings. The normalized spacial score (nSPS) is 17.1. The van der Waals surface area contributed by atoms with Crippen molar-refractivity contribution in [1.82, 2.24) is 10.2 Å². The fraction of sp³-hybridized carbons (Fsp3) is 0.308. The summed E-state index contributed by atoms with van der Waals surface area (Å²) < 4.78 is 18.6. The van der Waals surface area contributed by atoms with E-state index in [4.69, 9.17) is 4.74 Å². The van der Waals surface area contributed by atoms with Gasteiger partial charge in [0.05, 0.1) is 19.1 Å². The minimum absolute atomic E-state index is 0.0760. The third-order valence-corrected chi connectivity index (χ3v) is 6.14. The van der Waals surface area contributed by atoms with Crippen LogP contribution in [0.25, 0.3) is 10.8 Å². The summed E-state index contributed by atoms with van der Waals surface area (Å²) in [6.45, 7) is 2.87. The SMILES string of the molecule is COc1ccc(C(=O)N2CCCC(C(=O)NC(C)c3ccc(F)cc3)C2)c2ccccc12. The van der Waals surface area contributed by atoms with Gasteiger partial charge < -0.3 is 15.0 Å². The van der Waals surface area contributed by atoms with Crippen molar-refractivity contribution < 1.29 is 18.7 Å². The number of nitrogens with one attached hydrogen (secondary N) is 1. The molecule has 1 fully saturated rings. The number of hydrogen-bond donors (Lipinski definition) is 1. The van der Waals surface area contributed by atoms with Gasteiger partial charge in [-0.15, -0.1) is 0 Å². The van der Waals surface area contributed by atoms with Crippen LogP contribution in [0.4, 0.5) is 4.39 Å². The molecule has 0 bridgehead atoms. The first-order chi connectivity index (χ1) is 15.5. The van der Waals surface area contributed by atoms with E-state index in [9.17, 15) is 14.0 Å². The third-order valence-electron chi connectivity index (χ3n) is 6.14. The molecule has 2 unspecified atom stereocenters. The van der Waals surface area contributed by atoms with E-state index in [1.54, 1.807) is 30.2 Å². The van der Waals surface area contributed by atoms with Crippen molar-refractivity contribution in [2.24, 2.45) is 5.92 Å². The van der Waals surface area contributed by atoms with Crippen LogP contribution in [0, 0.1) is 11.7 Å². The van der Waals surface area contributed by atoms with E-state index in [2.05, 4.69) is 5.32 Å². The summed E-state index contributed by atoms with van der Waals surface area (Å²) in [5.74, 6) is -0.0189. The first kappa shape index (κ1) is 21.8. The average molecular weight is 435 g/mol. The van der Waals surface area contributed by atoms with E-state index >= 15 is 0 Å². The fourth-order valence-electron chi connectivity index (χ4n) is 4.35. The van der Waals surface area contributed by atoms with E-state index in [1.165, 1.54) is 12.1 Å². The van der Waals surface area contributed by atoms with Crippen LogP contribution in [0.5, 0.6) is 5.75 Å². The number of carbonyl (C=O) groups excluding carboxylic acids is 2. The van der Waals surface area contributed by atoms with Crippen molar-refractivity contribution in [2.75, 3.05) is 20.2 Å². The molecule has 2 amide bonds. The third kappa shape index (κ3) is 4.44. The number of fused-ring (bicyclic) bond motifs is 1. The molecule has 0 saturated carbocycles. The summed E-state index contributed by atoms with van der Waals surface area (Å²) in [4.78, 5) is 28.1. The summed E-state index contributed by atoms with van der Waals surface area (Å²) in [6.07, 6.45) is 1.50. The Morgan fingerprint density at radius 1 is 1.06 bits per heavy atom. The number of carbonyl (C=O) groups is 2. The second-order valence-electron chi connectivity index (χ2n) is 8.23. The minimum Gasteiger partial charge on any atom is -0.496 e. The van der Waals surface area contributed by atoms with Crippen LogP contribution in [0.2, 0.25) is 0 Å². The van der Waals surface area contributed by atoms with Crippen molar-refractivity contribution in [1.29, 1.82) is 0 Å². The Labute approximate surface area is 187 Å². The molecular weight excluding hydrogens is 407 g/mol. The molecule has 1 saturated heterocycles. The number of likely N-dealkylation sites (tertiary alicyclic amines) is 1. The quantitative estimate of drug-likeness (QED) is 0.632. The Morgan fingerprint density at radius 3 is 2.50 bits per heavy atom. The van der Waals surface area contributed by atoms with E-state index in [-0.39, 0.29) is 29.6 Å². The summed E-state index contributed by atoms with van der Waals surface area (Å²) in [6, 6.07) is 17.2. The Bertz CT molecular complexity index is 1130. The maximum atomic E-state index is 13.4. The Morgan fingerprint density at radius 2 is 1.78 bits per heavy atom. The number of ether oxygens (including phenoxy) is 1. The lowest BCUT2D eigenvalue weighted by Gasteiger charge is -2.33. The molecule has 1 heterocycles. The molecule has 1 aliphatic heterocycles. The molecule has 5 nitrogen and oxygen atoms in total. The van der Waals surface area contributed by atoms with Crippen molar-refractivity contribution in [3.8, 4) is 5.75 Å². The first-order valence-electron chi connectivity index (χ1n) is 10.9. The zero-order valence-electron chi connectivity index (χ0n) is 18.3. The van der Waals surface area contributed by atoms with Crippen molar-refractivity contribution in [3.05, 3.63) is 77.6 Å². The van der Waals surface area contributed by atoms with Crippen LogP contribution in [-0.4, -0.2) is 36.9 Å². The molecular formula is C26H27FN2O3. The number of halogens is 1. The predicted octanol–water partition coefficient (Wildman–Crippen LogP) is 4.72. The van der Waals surface area contributed by atoms with Gasteiger partial charge in [0.2, 0.25) is 5.91 Å². The molecule has 2 atom stereocenters. The predicted molar refractivity (Wildman–Crippen MR) is 122 cm³/mol. The topological polar surface area (TPSA) is 58.6 Å². The molecule has 1 N–H and O–H groups in total. The minimum atomic E-state index is -0.306. The molecule has 4 rings (SSSR count). The fourth-order valence-corrected chi connectivity index (χ4v) is 4.35. The van der Waals surface area contributed by atoms with Gasteiger partial charge in [0.1, 0.15) is 11.6 Å². The smallest absolute Gasteiger partial charge is 0.254 e. The van der Waals surface area contributed by atoms with E-state index in [0.29, 0.717) is 18.7 Å². The second kappa shape index (κ2) is 9.39. The van der Waals surface area contributed by atoms with Gasteiger partial charge in [0.15, 0.2) is 0 Å². The van der Waals surface area contributed by atoms with Crippen molar-refractivity contribution in [2.45, 2.75) is 25.8 Å². The number of amides is 2. The second-order valence-corrected chi connectivity index (χ2v) is 8.23. The largest absolute Gasteiger partial charge is 0.496 e. The molecule has 0 aliphatic carbocycles. The highest BCUT2D eigenvalue weighted by Gasteiger charge is 2.30. The Balaban J connectivity index is 1.48. The van der Waals surface area contributed by atoms with E-state index in [1.807, 2.05) is 37.3 Å². The van der Waals surface area contributed by atoms with Gasteiger partial charge in [0.25, 0.3) is 5.91 Å². The van der Waals surface area contributed by atoms with Crippen LogP contribution in [0.1, 0.15) is 41.7 Å². The van der Waals surface area contributed by atoms with Crippen LogP contribution < -0.4 is 10.1 Å². The van der Waals surface area contributed by atoms with Gasteiger partial charge in [-0.1, -0.05) is 36.4 Å². The number of piperidine rings is 1. The Hall–Kier alpha value is -3.41. The van der Waals surface area contributed by atoms with Gasteiger partial charge >= 0.3 is 0 Å². The number of methoxy groups -OCH3 is 1. The highest BCUT2D eigenvalue weighted by atomic mass is 19.1. The maximum Gasteiger partial charge on any atom is 0.254 e. The lowest BCUT2D eigenvalue weighted by molar-refractivity contribution is -0.127. The molecule has 166 valence electrons. The van der Waals surface area contributed by atoms with Crippen LogP contribution in [0.15, 0.2) is 60.7 Å². The lowest BCUT2D eigenvalue weighted by Crippen LogP contribution is -2.45. The first-order valence-corrected chi connectivity index (χ1v) is 10.9. The van der Waals surface area contributed by atoms with Gasteiger partial charge in [-0.25, -0.2) is 4.39 Å². The molecule has 0 aromatic heterocycles. The molecule has 6 heteroatoms. The molecule has 3 aromatic carbocycles. The van der Waals surface area contributed by atoms with E-state index < -0.39 is 0 Å². The standard InChI is InChI=1S/C26H27FN2O3/c1-17(18-9-11-20(27)12-10-18)28-25(30)19-6-5-15-29(16-19)26(31)23-13-14-24(32-2)22-8-4-3-7-21(22)23/h3-4,7-14,17,19H,5-6,15-16H2,1-2H3,(H,28,30). The molecule has 0 spiro atoms. The van der Waals surface area contributed by atoms with Gasteiger partial charge in [-0.3, -0.25) is 9.59 Å². The summed E-state index contributed by atoms with van der Waals surface area (Å²) in [5, 5.41) is 4.74. The van der Waals surface area contributed by atoms with Crippen LogP contribution >= 0.6 is 0 Å². The van der Waals surface area contributed by atoms with Gasteiger partial charge in [-0.2, -0.15) is 0 Å².